The highest BCUT2D eigenvalue weighted by Gasteiger charge is 2.29. The molecule has 3 nitrogen and oxygen atoms in total. The minimum absolute atomic E-state index is 0.108. The monoisotopic (exact) mass is 410 g/mol. The lowest BCUT2D eigenvalue weighted by molar-refractivity contribution is -0.137. The van der Waals surface area contributed by atoms with Crippen molar-refractivity contribution in [2.24, 2.45) is 5.16 Å². The standard InChI is InChI=1S/C24H21F3N2O/c1-17(28-30-16-18-9-11-22(12-10-18)24(25,26)27)19-7-4-8-23(13-19)29-14-20-5-2-3-6-21(20)15-29/h2-13H,14-16H2,1H3/b28-17-. The lowest BCUT2D eigenvalue weighted by Gasteiger charge is -2.18. The van der Waals surface area contributed by atoms with Gasteiger partial charge in [-0.05, 0) is 47.9 Å². The number of halogens is 3. The number of nitrogens with zero attached hydrogens (tertiary/aromatic N) is 2. The van der Waals surface area contributed by atoms with Crippen LogP contribution in [0.25, 0.3) is 0 Å². The van der Waals surface area contributed by atoms with Gasteiger partial charge in [-0.15, -0.1) is 0 Å². The number of benzene rings is 3. The maximum atomic E-state index is 12.6. The van der Waals surface area contributed by atoms with Gasteiger partial charge in [-0.2, -0.15) is 13.2 Å². The second kappa shape index (κ2) is 8.22. The van der Waals surface area contributed by atoms with Crippen molar-refractivity contribution in [3.8, 4) is 0 Å². The van der Waals surface area contributed by atoms with Crippen molar-refractivity contribution < 1.29 is 18.0 Å². The fourth-order valence-corrected chi connectivity index (χ4v) is 3.49. The number of anilines is 1. The predicted octanol–water partition coefficient (Wildman–Crippen LogP) is 6.17. The molecule has 6 heteroatoms. The van der Waals surface area contributed by atoms with E-state index in [0.29, 0.717) is 11.3 Å². The molecule has 0 atom stereocenters. The zero-order valence-corrected chi connectivity index (χ0v) is 16.5. The Bertz CT molecular complexity index is 1030. The lowest BCUT2D eigenvalue weighted by Crippen LogP contribution is -2.14. The van der Waals surface area contributed by atoms with E-state index >= 15 is 0 Å². The smallest absolute Gasteiger partial charge is 0.391 e. The van der Waals surface area contributed by atoms with Gasteiger partial charge in [0.05, 0.1) is 11.3 Å². The van der Waals surface area contributed by atoms with Crippen LogP contribution in [0.1, 0.15) is 34.7 Å². The molecule has 154 valence electrons. The topological polar surface area (TPSA) is 24.8 Å². The zero-order chi connectivity index (χ0) is 21.1. The van der Waals surface area contributed by atoms with Gasteiger partial charge in [0.1, 0.15) is 6.61 Å². The zero-order valence-electron chi connectivity index (χ0n) is 16.5. The van der Waals surface area contributed by atoms with Crippen molar-refractivity contribution in [3.05, 3.63) is 101 Å². The number of hydrogen-bond donors (Lipinski definition) is 0. The quantitative estimate of drug-likeness (QED) is 0.371. The Morgan fingerprint density at radius 2 is 1.60 bits per heavy atom. The van der Waals surface area contributed by atoms with Crippen LogP contribution in [-0.2, 0) is 30.7 Å². The molecule has 0 spiro atoms. The van der Waals surface area contributed by atoms with Crippen LogP contribution < -0.4 is 4.90 Å². The van der Waals surface area contributed by atoms with Gasteiger partial charge >= 0.3 is 6.18 Å². The van der Waals surface area contributed by atoms with Crippen molar-refractivity contribution in [1.82, 2.24) is 0 Å². The van der Waals surface area contributed by atoms with E-state index in [1.165, 1.54) is 23.3 Å². The van der Waals surface area contributed by atoms with Gasteiger partial charge < -0.3 is 9.74 Å². The van der Waals surface area contributed by atoms with Crippen molar-refractivity contribution in [2.45, 2.75) is 32.8 Å². The lowest BCUT2D eigenvalue weighted by atomic mass is 10.1. The van der Waals surface area contributed by atoms with Crippen molar-refractivity contribution in [1.29, 1.82) is 0 Å². The summed E-state index contributed by atoms with van der Waals surface area (Å²) in [5.41, 5.74) is 5.40. The van der Waals surface area contributed by atoms with E-state index in [9.17, 15) is 13.2 Å². The number of fused-ring (bicyclic) bond motifs is 1. The molecule has 0 N–H and O–H groups in total. The molecule has 0 amide bonds. The van der Waals surface area contributed by atoms with Crippen LogP contribution in [0.3, 0.4) is 0 Å². The highest BCUT2D eigenvalue weighted by atomic mass is 19.4. The second-order valence-corrected chi connectivity index (χ2v) is 7.32. The fourth-order valence-electron chi connectivity index (χ4n) is 3.49. The Morgan fingerprint density at radius 1 is 0.933 bits per heavy atom. The number of alkyl halides is 3. The van der Waals surface area contributed by atoms with Gasteiger partial charge in [0.25, 0.3) is 0 Å². The molecule has 4 rings (SSSR count). The molecule has 0 bridgehead atoms. The average molecular weight is 410 g/mol. The minimum atomic E-state index is -4.34. The van der Waals surface area contributed by atoms with E-state index in [2.05, 4.69) is 46.5 Å². The Hall–Kier alpha value is -3.28. The molecule has 0 saturated heterocycles. The summed E-state index contributed by atoms with van der Waals surface area (Å²) >= 11 is 0. The first-order valence-corrected chi connectivity index (χ1v) is 9.65. The summed E-state index contributed by atoms with van der Waals surface area (Å²) in [6.07, 6.45) is -4.34. The number of hydrogen-bond acceptors (Lipinski definition) is 3. The van der Waals surface area contributed by atoms with Gasteiger partial charge in [0, 0.05) is 24.3 Å². The summed E-state index contributed by atoms with van der Waals surface area (Å²) in [6, 6.07) is 21.4. The van der Waals surface area contributed by atoms with E-state index < -0.39 is 11.7 Å². The van der Waals surface area contributed by atoms with Crippen LogP contribution in [0.4, 0.5) is 18.9 Å². The van der Waals surface area contributed by atoms with Crippen LogP contribution >= 0.6 is 0 Å². The molecule has 30 heavy (non-hydrogen) atoms. The summed E-state index contributed by atoms with van der Waals surface area (Å²) in [7, 11) is 0. The Balaban J connectivity index is 1.39. The van der Waals surface area contributed by atoms with E-state index in [0.717, 1.165) is 36.5 Å². The maximum absolute atomic E-state index is 12.6. The third-order valence-corrected chi connectivity index (χ3v) is 5.18. The fraction of sp³-hybridized carbons (Fsp3) is 0.208. The van der Waals surface area contributed by atoms with Crippen molar-refractivity contribution >= 4 is 11.4 Å². The van der Waals surface area contributed by atoms with Gasteiger partial charge in [-0.3, -0.25) is 0 Å². The molecule has 0 fully saturated rings. The first kappa shape index (κ1) is 20.0. The molecule has 0 saturated carbocycles. The van der Waals surface area contributed by atoms with Crippen LogP contribution in [0.5, 0.6) is 0 Å². The Labute approximate surface area is 173 Å². The maximum Gasteiger partial charge on any atom is 0.416 e. The molecule has 1 aliphatic rings. The summed E-state index contributed by atoms with van der Waals surface area (Å²) in [5, 5.41) is 4.14. The average Bonchev–Trinajstić information content (AvgIpc) is 3.18. The molecule has 0 aliphatic carbocycles. The van der Waals surface area contributed by atoms with Crippen LogP contribution in [0.2, 0.25) is 0 Å². The van der Waals surface area contributed by atoms with Crippen molar-refractivity contribution in [2.75, 3.05) is 4.90 Å². The first-order valence-electron chi connectivity index (χ1n) is 9.65. The largest absolute Gasteiger partial charge is 0.416 e. The highest BCUT2D eigenvalue weighted by Crippen LogP contribution is 2.30. The predicted molar refractivity (Wildman–Crippen MR) is 111 cm³/mol. The summed E-state index contributed by atoms with van der Waals surface area (Å²) in [5.74, 6) is 0. The van der Waals surface area contributed by atoms with E-state index in [4.69, 9.17) is 4.84 Å². The van der Waals surface area contributed by atoms with Gasteiger partial charge in [0.15, 0.2) is 0 Å². The third kappa shape index (κ3) is 4.48. The summed E-state index contributed by atoms with van der Waals surface area (Å²) in [6.45, 7) is 3.71. The van der Waals surface area contributed by atoms with E-state index in [-0.39, 0.29) is 6.61 Å². The second-order valence-electron chi connectivity index (χ2n) is 7.32. The molecule has 1 aliphatic heterocycles. The van der Waals surface area contributed by atoms with Gasteiger partial charge in [-0.25, -0.2) is 0 Å². The molecule has 0 radical (unpaired) electrons. The highest BCUT2D eigenvalue weighted by molar-refractivity contribution is 5.99. The van der Waals surface area contributed by atoms with Crippen molar-refractivity contribution in [3.63, 3.8) is 0 Å². The first-order chi connectivity index (χ1) is 14.4. The molecule has 3 aromatic carbocycles. The molecule has 0 aromatic heterocycles. The molecule has 1 heterocycles. The number of oxime groups is 1. The van der Waals surface area contributed by atoms with E-state index in [1.54, 1.807) is 0 Å². The molecule has 3 aromatic rings. The summed E-state index contributed by atoms with van der Waals surface area (Å²) in [4.78, 5) is 7.68. The van der Waals surface area contributed by atoms with Crippen LogP contribution in [-0.4, -0.2) is 5.71 Å². The normalized spacial score (nSPS) is 14.0. The minimum Gasteiger partial charge on any atom is -0.391 e. The number of rotatable bonds is 5. The third-order valence-electron chi connectivity index (χ3n) is 5.18. The van der Waals surface area contributed by atoms with Gasteiger partial charge in [-0.1, -0.05) is 53.7 Å². The van der Waals surface area contributed by atoms with Crippen LogP contribution in [0, 0.1) is 0 Å². The molecule has 0 unspecified atom stereocenters. The van der Waals surface area contributed by atoms with Crippen LogP contribution in [0.15, 0.2) is 78.0 Å². The molecular formula is C24H21F3N2O. The Morgan fingerprint density at radius 3 is 2.23 bits per heavy atom. The van der Waals surface area contributed by atoms with E-state index in [1.807, 2.05) is 19.1 Å². The molecular weight excluding hydrogens is 389 g/mol. The summed E-state index contributed by atoms with van der Waals surface area (Å²) < 4.78 is 37.9. The SMILES string of the molecule is C/C(=N/OCc1ccc(C(F)(F)F)cc1)c1cccc(N2Cc3ccccc3C2)c1. The van der Waals surface area contributed by atoms with Gasteiger partial charge in [0.2, 0.25) is 0 Å². The Kier molecular flexibility index (Phi) is 5.48.